The number of thiophene rings is 1. The molecule has 6 nitrogen and oxygen atoms in total. The van der Waals surface area contributed by atoms with E-state index in [0.717, 1.165) is 8.26 Å². The van der Waals surface area contributed by atoms with E-state index >= 15 is 0 Å². The summed E-state index contributed by atoms with van der Waals surface area (Å²) in [4.78, 5) is 18.1. The third kappa shape index (κ3) is 3.72. The molecule has 1 aliphatic heterocycles. The van der Waals surface area contributed by atoms with Gasteiger partial charge < -0.3 is 4.90 Å². The monoisotopic (exact) mass is 493 g/mol. The Kier molecular flexibility index (Phi) is 5.40. The summed E-state index contributed by atoms with van der Waals surface area (Å²) >= 11 is 7.76. The lowest BCUT2D eigenvalue weighted by atomic mass is 10.2. The fraction of sp³-hybridized carbons (Fsp3) is 0.286. The van der Waals surface area contributed by atoms with Crippen molar-refractivity contribution in [2.24, 2.45) is 0 Å². The number of aromatic nitrogens is 1. The van der Waals surface area contributed by atoms with Crippen LogP contribution in [0.2, 0.25) is 0 Å². The third-order valence-corrected chi connectivity index (χ3v) is 8.04. The lowest BCUT2D eigenvalue weighted by Crippen LogP contribution is -2.50. The summed E-state index contributed by atoms with van der Waals surface area (Å²) in [6.07, 6.45) is 3.12. The number of hydrogen-bond donors (Lipinski definition) is 0. The van der Waals surface area contributed by atoms with Crippen LogP contribution in [0.5, 0.6) is 0 Å². The summed E-state index contributed by atoms with van der Waals surface area (Å²) in [7, 11) is -3.50. The molecule has 1 amide bonds. The van der Waals surface area contributed by atoms with E-state index in [4.69, 9.17) is 0 Å². The van der Waals surface area contributed by atoms with E-state index in [2.05, 4.69) is 36.8 Å². The molecule has 0 N–H and O–H groups in total. The van der Waals surface area contributed by atoms with Crippen molar-refractivity contribution in [1.29, 1.82) is 0 Å². The Morgan fingerprint density at radius 2 is 1.83 bits per heavy atom. The molecule has 0 aromatic carbocycles. The molecule has 0 atom stereocenters. The molecule has 0 aliphatic carbocycles. The van der Waals surface area contributed by atoms with Crippen molar-refractivity contribution in [2.45, 2.75) is 4.21 Å². The van der Waals surface area contributed by atoms with Gasteiger partial charge in [-0.05, 0) is 50.1 Å². The van der Waals surface area contributed by atoms with E-state index in [1.165, 1.54) is 21.8 Å². The molecule has 1 saturated heterocycles. The molecule has 1 fully saturated rings. The summed E-state index contributed by atoms with van der Waals surface area (Å²) in [5.74, 6) is -0.139. The van der Waals surface area contributed by atoms with Gasteiger partial charge in [0.05, 0.1) is 9.35 Å². The maximum atomic E-state index is 12.6. The van der Waals surface area contributed by atoms with Crippen molar-refractivity contribution in [1.82, 2.24) is 14.2 Å². The van der Waals surface area contributed by atoms with Gasteiger partial charge >= 0.3 is 0 Å². The number of rotatable bonds is 3. The van der Waals surface area contributed by atoms with Gasteiger partial charge in [-0.25, -0.2) is 8.42 Å². The minimum absolute atomic E-state index is 0.139. The molecule has 0 spiro atoms. The second-order valence-corrected chi connectivity index (χ2v) is 10.7. The predicted octanol–water partition coefficient (Wildman–Crippen LogP) is 2.81. The SMILES string of the molecule is O=C(c1cncc(Br)c1)N1CCN(S(=O)(=O)c2ccc(Br)s2)CC1. The normalized spacial score (nSPS) is 16.3. The van der Waals surface area contributed by atoms with Gasteiger partial charge in [0, 0.05) is 43.0 Å². The zero-order chi connectivity index (χ0) is 17.3. The molecule has 2 aromatic rings. The van der Waals surface area contributed by atoms with Crippen LogP contribution in [0.15, 0.2) is 43.1 Å². The number of carbonyl (C=O) groups is 1. The van der Waals surface area contributed by atoms with Crippen molar-refractivity contribution in [3.63, 3.8) is 0 Å². The van der Waals surface area contributed by atoms with Crippen LogP contribution in [-0.2, 0) is 10.0 Å². The molecule has 128 valence electrons. The number of piperazine rings is 1. The van der Waals surface area contributed by atoms with Crippen LogP contribution in [0.3, 0.4) is 0 Å². The van der Waals surface area contributed by atoms with E-state index < -0.39 is 10.0 Å². The molecule has 3 heterocycles. The molecule has 1 aliphatic rings. The lowest BCUT2D eigenvalue weighted by Gasteiger charge is -2.33. The summed E-state index contributed by atoms with van der Waals surface area (Å²) < 4.78 is 28.4. The van der Waals surface area contributed by atoms with Crippen LogP contribution in [0.1, 0.15) is 10.4 Å². The standard InChI is InChI=1S/C14H13Br2N3O3S2/c15-11-7-10(8-17-9-11)14(20)18-3-5-19(6-4-18)24(21,22)13-2-1-12(16)23-13/h1-2,7-9H,3-6H2. The van der Waals surface area contributed by atoms with E-state index in [1.54, 1.807) is 29.3 Å². The Hall–Kier alpha value is -0.810. The first-order valence-electron chi connectivity index (χ1n) is 7.03. The molecule has 0 saturated carbocycles. The van der Waals surface area contributed by atoms with Gasteiger partial charge in [0.2, 0.25) is 0 Å². The highest BCUT2D eigenvalue weighted by Gasteiger charge is 2.31. The Bertz CT molecular complexity index is 862. The molecular weight excluding hydrogens is 482 g/mol. The smallest absolute Gasteiger partial charge is 0.255 e. The van der Waals surface area contributed by atoms with Gasteiger partial charge in [-0.2, -0.15) is 4.31 Å². The maximum Gasteiger partial charge on any atom is 0.255 e. The molecule has 0 unspecified atom stereocenters. The maximum absolute atomic E-state index is 12.6. The summed E-state index contributed by atoms with van der Waals surface area (Å²) in [6.45, 7) is 1.28. The van der Waals surface area contributed by atoms with Gasteiger partial charge in [-0.3, -0.25) is 9.78 Å². The highest BCUT2D eigenvalue weighted by Crippen LogP contribution is 2.29. The predicted molar refractivity (Wildman–Crippen MR) is 98.6 cm³/mol. The van der Waals surface area contributed by atoms with Gasteiger partial charge in [0.25, 0.3) is 15.9 Å². The fourth-order valence-corrected chi connectivity index (χ4v) is 6.36. The Labute approximate surface area is 160 Å². The first-order chi connectivity index (χ1) is 11.4. The van der Waals surface area contributed by atoms with Crippen LogP contribution < -0.4 is 0 Å². The molecule has 2 aromatic heterocycles. The minimum atomic E-state index is -3.50. The second-order valence-electron chi connectivity index (χ2n) is 5.15. The van der Waals surface area contributed by atoms with Crippen molar-refractivity contribution in [3.8, 4) is 0 Å². The van der Waals surface area contributed by atoms with Gasteiger partial charge in [-0.15, -0.1) is 11.3 Å². The second kappa shape index (κ2) is 7.20. The number of nitrogens with zero attached hydrogens (tertiary/aromatic N) is 3. The fourth-order valence-electron chi connectivity index (χ4n) is 2.41. The van der Waals surface area contributed by atoms with Gasteiger partial charge in [0.15, 0.2) is 0 Å². The minimum Gasteiger partial charge on any atom is -0.336 e. The lowest BCUT2D eigenvalue weighted by molar-refractivity contribution is 0.0697. The number of hydrogen-bond acceptors (Lipinski definition) is 5. The third-order valence-electron chi connectivity index (χ3n) is 3.62. The highest BCUT2D eigenvalue weighted by molar-refractivity contribution is 9.11. The van der Waals surface area contributed by atoms with Crippen molar-refractivity contribution >= 4 is 59.1 Å². The van der Waals surface area contributed by atoms with Crippen LogP contribution in [0, 0.1) is 0 Å². The van der Waals surface area contributed by atoms with E-state index in [0.29, 0.717) is 22.9 Å². The first-order valence-corrected chi connectivity index (χ1v) is 10.9. The summed E-state index contributed by atoms with van der Waals surface area (Å²) in [5.41, 5.74) is 0.489. The molecule has 0 bridgehead atoms. The van der Waals surface area contributed by atoms with Gasteiger partial charge in [-0.1, -0.05) is 0 Å². The van der Waals surface area contributed by atoms with Crippen molar-refractivity contribution in [2.75, 3.05) is 26.2 Å². The number of amides is 1. The average molecular weight is 495 g/mol. The average Bonchev–Trinajstić information content (AvgIpc) is 3.01. The van der Waals surface area contributed by atoms with Gasteiger partial charge in [0.1, 0.15) is 4.21 Å². The largest absolute Gasteiger partial charge is 0.336 e. The summed E-state index contributed by atoms with van der Waals surface area (Å²) in [5, 5.41) is 0. The Morgan fingerprint density at radius 1 is 1.12 bits per heavy atom. The van der Waals surface area contributed by atoms with E-state index in [1.807, 2.05) is 0 Å². The first kappa shape index (κ1) is 18.0. The number of pyridine rings is 1. The van der Waals surface area contributed by atoms with Crippen LogP contribution in [0.25, 0.3) is 0 Å². The highest BCUT2D eigenvalue weighted by atomic mass is 79.9. The van der Waals surface area contributed by atoms with Crippen LogP contribution in [-0.4, -0.2) is 54.7 Å². The van der Waals surface area contributed by atoms with E-state index in [9.17, 15) is 13.2 Å². The van der Waals surface area contributed by atoms with Crippen molar-refractivity contribution < 1.29 is 13.2 Å². The van der Waals surface area contributed by atoms with Crippen LogP contribution in [0.4, 0.5) is 0 Å². The molecule has 24 heavy (non-hydrogen) atoms. The molecular formula is C14H13Br2N3O3S2. The Balaban J connectivity index is 1.68. The number of halogens is 2. The van der Waals surface area contributed by atoms with Crippen LogP contribution >= 0.6 is 43.2 Å². The topological polar surface area (TPSA) is 70.6 Å². The quantitative estimate of drug-likeness (QED) is 0.657. The molecule has 3 rings (SSSR count). The van der Waals surface area contributed by atoms with E-state index in [-0.39, 0.29) is 19.0 Å². The zero-order valence-electron chi connectivity index (χ0n) is 12.4. The van der Waals surface area contributed by atoms with Crippen molar-refractivity contribution in [3.05, 3.63) is 44.4 Å². The Morgan fingerprint density at radius 3 is 2.42 bits per heavy atom. The summed E-state index contributed by atoms with van der Waals surface area (Å²) in [6, 6.07) is 5.02. The molecule has 0 radical (unpaired) electrons. The molecule has 10 heteroatoms. The zero-order valence-corrected chi connectivity index (χ0v) is 17.2. The number of carbonyl (C=O) groups excluding carboxylic acids is 1. The number of sulfonamides is 1.